The number of hydrogen-bond acceptors (Lipinski definition) is 0. The van der Waals surface area contributed by atoms with Gasteiger partial charge >= 0.3 is 91.7 Å². The molecule has 0 aromatic heterocycles. The predicted molar refractivity (Wildman–Crippen MR) is 73.6 cm³/mol. The quantitative estimate of drug-likeness (QED) is 0.489. The molecule has 1 heteroatoms. The zero-order valence-corrected chi connectivity index (χ0v) is 11.9. The van der Waals surface area contributed by atoms with Crippen molar-refractivity contribution in [3.63, 3.8) is 0 Å². The zero-order valence-electron chi connectivity index (χ0n) is 10.9. The van der Waals surface area contributed by atoms with Gasteiger partial charge in [-0.2, -0.15) is 0 Å². The third-order valence-corrected chi connectivity index (χ3v) is 9.50. The van der Waals surface area contributed by atoms with Crippen LogP contribution in [0.4, 0.5) is 0 Å². The van der Waals surface area contributed by atoms with Crippen molar-refractivity contribution in [3.05, 3.63) is 0 Å². The molecule has 0 fully saturated rings. The summed E-state index contributed by atoms with van der Waals surface area (Å²) in [4.78, 5) is 0. The van der Waals surface area contributed by atoms with Crippen molar-refractivity contribution in [2.24, 2.45) is 0 Å². The van der Waals surface area contributed by atoms with Gasteiger partial charge in [0, 0.05) is 0 Å². The predicted octanol–water partition coefficient (Wildman–Crippen LogP) is 4.77. The number of rotatable bonds is 9. The summed E-state index contributed by atoms with van der Waals surface area (Å²) in [5, 5.41) is 0. The molecule has 0 aromatic carbocycles. The van der Waals surface area contributed by atoms with Crippen LogP contribution in [0.2, 0.25) is 0 Å². The third kappa shape index (κ3) is 5.35. The SMILES string of the molecule is CCCC[PH](CCC)(CCC)CCC. The van der Waals surface area contributed by atoms with Gasteiger partial charge in [-0.05, 0) is 0 Å². The summed E-state index contributed by atoms with van der Waals surface area (Å²) in [5.41, 5.74) is 0. The first-order chi connectivity index (χ1) is 6.74. The molecular weight excluding hydrogens is 187 g/mol. The fourth-order valence-electron chi connectivity index (χ4n) is 2.89. The van der Waals surface area contributed by atoms with Crippen LogP contribution in [0, 0.1) is 0 Å². The van der Waals surface area contributed by atoms with Crippen LogP contribution in [-0.4, -0.2) is 24.6 Å². The van der Waals surface area contributed by atoms with Gasteiger partial charge in [0.15, 0.2) is 0 Å². The summed E-state index contributed by atoms with van der Waals surface area (Å²) in [5.74, 6) is 0. The summed E-state index contributed by atoms with van der Waals surface area (Å²) < 4.78 is 0. The first-order valence-electron chi connectivity index (χ1n) is 6.74. The average molecular weight is 218 g/mol. The average Bonchev–Trinajstić information content (AvgIpc) is 2.16. The van der Waals surface area contributed by atoms with Crippen molar-refractivity contribution in [3.8, 4) is 0 Å². The van der Waals surface area contributed by atoms with Gasteiger partial charge in [0.1, 0.15) is 0 Å². The maximum absolute atomic E-state index is 2.37. The van der Waals surface area contributed by atoms with Crippen LogP contribution in [0.1, 0.15) is 59.8 Å². The molecule has 88 valence electrons. The number of hydrogen-bond donors (Lipinski definition) is 0. The Hall–Kier alpha value is 0.430. The van der Waals surface area contributed by atoms with Crippen LogP contribution < -0.4 is 0 Å². The van der Waals surface area contributed by atoms with Crippen LogP contribution in [0.15, 0.2) is 0 Å². The van der Waals surface area contributed by atoms with E-state index in [0.29, 0.717) is 0 Å². The minimum atomic E-state index is -0.816. The second-order valence-electron chi connectivity index (χ2n) is 4.85. The Balaban J connectivity index is 4.21. The van der Waals surface area contributed by atoms with Crippen molar-refractivity contribution >= 4 is 7.26 Å². The summed E-state index contributed by atoms with van der Waals surface area (Å²) >= 11 is 0. The molecule has 0 aliphatic rings. The Kier molecular flexibility index (Phi) is 8.98. The first-order valence-corrected chi connectivity index (χ1v) is 9.57. The Labute approximate surface area is 92.2 Å². The molecule has 0 amide bonds. The Bertz CT molecular complexity index is 103. The molecule has 0 spiro atoms. The normalized spacial score (nSPS) is 13.1. The van der Waals surface area contributed by atoms with Crippen molar-refractivity contribution < 1.29 is 0 Å². The topological polar surface area (TPSA) is 0 Å². The van der Waals surface area contributed by atoms with Crippen LogP contribution in [-0.2, 0) is 0 Å². The van der Waals surface area contributed by atoms with E-state index in [1.54, 1.807) is 24.6 Å². The van der Waals surface area contributed by atoms with Gasteiger partial charge in [-0.15, -0.1) is 0 Å². The van der Waals surface area contributed by atoms with Gasteiger partial charge in [-0.25, -0.2) is 0 Å². The Morgan fingerprint density at radius 1 is 0.571 bits per heavy atom. The van der Waals surface area contributed by atoms with Crippen LogP contribution in [0.25, 0.3) is 0 Å². The molecule has 0 saturated carbocycles. The van der Waals surface area contributed by atoms with E-state index >= 15 is 0 Å². The molecule has 0 aliphatic heterocycles. The molecular formula is C13H31P. The standard InChI is InChI=1S/C13H31P/c1-5-9-13-14(10-6-2,11-7-3)12-8-4/h14H,5-13H2,1-4H3. The van der Waals surface area contributed by atoms with Crippen LogP contribution in [0.3, 0.4) is 0 Å². The molecule has 0 atom stereocenters. The minimum absolute atomic E-state index is 0.816. The number of unbranched alkanes of at least 4 members (excludes halogenated alkanes) is 1. The molecule has 0 nitrogen and oxygen atoms in total. The zero-order chi connectivity index (χ0) is 10.9. The second-order valence-corrected chi connectivity index (χ2v) is 9.85. The summed E-state index contributed by atoms with van der Waals surface area (Å²) in [7, 11) is -0.816. The first kappa shape index (κ1) is 14.4. The fraction of sp³-hybridized carbons (Fsp3) is 1.00. The molecule has 0 unspecified atom stereocenters. The van der Waals surface area contributed by atoms with E-state index in [1.165, 1.54) is 32.1 Å². The second kappa shape index (κ2) is 8.72. The third-order valence-electron chi connectivity index (χ3n) is 3.40. The van der Waals surface area contributed by atoms with E-state index in [9.17, 15) is 0 Å². The van der Waals surface area contributed by atoms with Crippen molar-refractivity contribution in [1.82, 2.24) is 0 Å². The maximum atomic E-state index is 2.37. The molecule has 0 rings (SSSR count). The van der Waals surface area contributed by atoms with E-state index < -0.39 is 7.26 Å². The van der Waals surface area contributed by atoms with E-state index in [4.69, 9.17) is 0 Å². The van der Waals surface area contributed by atoms with Crippen LogP contribution in [0.5, 0.6) is 0 Å². The monoisotopic (exact) mass is 218 g/mol. The Morgan fingerprint density at radius 2 is 1.00 bits per heavy atom. The van der Waals surface area contributed by atoms with Gasteiger partial charge in [-0.1, -0.05) is 0 Å². The van der Waals surface area contributed by atoms with Gasteiger partial charge in [0.25, 0.3) is 0 Å². The Morgan fingerprint density at radius 3 is 1.29 bits per heavy atom. The molecule has 0 saturated heterocycles. The van der Waals surface area contributed by atoms with Crippen molar-refractivity contribution in [2.45, 2.75) is 59.8 Å². The van der Waals surface area contributed by atoms with E-state index in [-0.39, 0.29) is 0 Å². The van der Waals surface area contributed by atoms with Gasteiger partial charge < -0.3 is 0 Å². The summed E-state index contributed by atoms with van der Waals surface area (Å²) in [6, 6.07) is 0. The summed E-state index contributed by atoms with van der Waals surface area (Å²) in [6.07, 6.45) is 13.6. The fourth-order valence-corrected chi connectivity index (χ4v) is 8.68. The molecule has 14 heavy (non-hydrogen) atoms. The van der Waals surface area contributed by atoms with Gasteiger partial charge in [0.2, 0.25) is 0 Å². The summed E-state index contributed by atoms with van der Waals surface area (Å²) in [6.45, 7) is 9.46. The molecule has 0 radical (unpaired) electrons. The van der Waals surface area contributed by atoms with E-state index in [2.05, 4.69) is 27.7 Å². The molecule has 0 aromatic rings. The van der Waals surface area contributed by atoms with E-state index in [1.807, 2.05) is 0 Å². The van der Waals surface area contributed by atoms with E-state index in [0.717, 1.165) is 0 Å². The van der Waals surface area contributed by atoms with Gasteiger partial charge in [0.05, 0.1) is 0 Å². The van der Waals surface area contributed by atoms with Gasteiger partial charge in [-0.3, -0.25) is 0 Å². The molecule has 0 bridgehead atoms. The molecule has 0 N–H and O–H groups in total. The molecule has 0 heterocycles. The van der Waals surface area contributed by atoms with Crippen molar-refractivity contribution in [2.75, 3.05) is 24.6 Å². The van der Waals surface area contributed by atoms with Crippen molar-refractivity contribution in [1.29, 1.82) is 0 Å². The van der Waals surface area contributed by atoms with Crippen LogP contribution >= 0.6 is 7.26 Å². The molecule has 0 aliphatic carbocycles.